The number of carbonyl (C=O) groups excluding carboxylic acids is 1. The maximum Gasteiger partial charge on any atom is 0.274 e. The summed E-state index contributed by atoms with van der Waals surface area (Å²) in [6.07, 6.45) is 0.872. The fraction of sp³-hybridized carbons (Fsp3) is 0.375. The van der Waals surface area contributed by atoms with Gasteiger partial charge in [-0.2, -0.15) is 5.10 Å². The number of rotatable bonds is 5. The SMILES string of the molecule is CN(CCOc1cccc(Cl)c1)C(=O)c1n[nH]c2c1CNCC2. The summed E-state index contributed by atoms with van der Waals surface area (Å²) in [6, 6.07) is 7.21. The standard InChI is InChI=1S/C16H19ClN4O2/c1-21(7-8-23-12-4-2-3-11(17)9-12)16(22)15-13-10-18-6-5-14(13)19-20-15/h2-4,9,18H,5-8,10H2,1H3,(H,19,20). The van der Waals surface area contributed by atoms with E-state index in [9.17, 15) is 4.79 Å². The van der Waals surface area contributed by atoms with Gasteiger partial charge in [-0.25, -0.2) is 0 Å². The van der Waals surface area contributed by atoms with Crippen LogP contribution in [0.1, 0.15) is 21.7 Å². The molecule has 1 aromatic carbocycles. The summed E-state index contributed by atoms with van der Waals surface area (Å²) in [4.78, 5) is 14.1. The van der Waals surface area contributed by atoms with Gasteiger partial charge in [-0.05, 0) is 18.2 Å². The van der Waals surface area contributed by atoms with Crippen LogP contribution in [0.4, 0.5) is 0 Å². The molecule has 0 aliphatic carbocycles. The zero-order valence-corrected chi connectivity index (χ0v) is 13.7. The van der Waals surface area contributed by atoms with E-state index in [-0.39, 0.29) is 5.91 Å². The molecular weight excluding hydrogens is 316 g/mol. The molecule has 1 amide bonds. The van der Waals surface area contributed by atoms with E-state index in [0.29, 0.717) is 36.2 Å². The maximum atomic E-state index is 12.5. The highest BCUT2D eigenvalue weighted by molar-refractivity contribution is 6.30. The second kappa shape index (κ2) is 7.02. The van der Waals surface area contributed by atoms with Gasteiger partial charge in [-0.3, -0.25) is 9.89 Å². The largest absolute Gasteiger partial charge is 0.492 e. The van der Waals surface area contributed by atoms with E-state index in [1.807, 2.05) is 12.1 Å². The first-order valence-corrected chi connectivity index (χ1v) is 7.93. The Morgan fingerprint density at radius 1 is 1.48 bits per heavy atom. The second-order valence-corrected chi connectivity index (χ2v) is 5.93. The highest BCUT2D eigenvalue weighted by Crippen LogP contribution is 2.18. The third kappa shape index (κ3) is 3.65. The molecule has 0 atom stereocenters. The molecule has 0 fully saturated rings. The lowest BCUT2D eigenvalue weighted by atomic mass is 10.1. The number of fused-ring (bicyclic) bond motifs is 1. The van der Waals surface area contributed by atoms with Crippen LogP contribution >= 0.6 is 11.6 Å². The van der Waals surface area contributed by atoms with Crippen LogP contribution in [-0.2, 0) is 13.0 Å². The van der Waals surface area contributed by atoms with Crippen molar-refractivity contribution in [3.8, 4) is 5.75 Å². The third-order valence-corrected chi connectivity index (χ3v) is 4.08. The number of likely N-dealkylation sites (N-methyl/N-ethyl adjacent to an activating group) is 1. The van der Waals surface area contributed by atoms with Gasteiger partial charge in [0, 0.05) is 42.8 Å². The lowest BCUT2D eigenvalue weighted by Crippen LogP contribution is -2.33. The summed E-state index contributed by atoms with van der Waals surface area (Å²) < 4.78 is 5.62. The molecule has 1 aromatic heterocycles. The number of benzene rings is 1. The molecule has 2 heterocycles. The summed E-state index contributed by atoms with van der Waals surface area (Å²) in [7, 11) is 1.75. The van der Waals surface area contributed by atoms with Gasteiger partial charge in [0.15, 0.2) is 5.69 Å². The average Bonchev–Trinajstić information content (AvgIpc) is 2.98. The van der Waals surface area contributed by atoms with E-state index in [1.54, 1.807) is 24.1 Å². The van der Waals surface area contributed by atoms with Crippen LogP contribution in [0.15, 0.2) is 24.3 Å². The number of halogens is 1. The van der Waals surface area contributed by atoms with Crippen LogP contribution in [0.5, 0.6) is 5.75 Å². The number of aromatic amines is 1. The maximum absolute atomic E-state index is 12.5. The zero-order chi connectivity index (χ0) is 16.2. The number of amides is 1. The van der Waals surface area contributed by atoms with Crippen LogP contribution < -0.4 is 10.1 Å². The Hall–Kier alpha value is -2.05. The van der Waals surface area contributed by atoms with Gasteiger partial charge in [0.05, 0.1) is 6.54 Å². The molecule has 23 heavy (non-hydrogen) atoms. The van der Waals surface area contributed by atoms with Crippen LogP contribution in [0, 0.1) is 0 Å². The average molecular weight is 335 g/mol. The summed E-state index contributed by atoms with van der Waals surface area (Å²) in [5, 5.41) is 11.0. The van der Waals surface area contributed by atoms with E-state index >= 15 is 0 Å². The van der Waals surface area contributed by atoms with E-state index < -0.39 is 0 Å². The van der Waals surface area contributed by atoms with Gasteiger partial charge >= 0.3 is 0 Å². The number of nitrogens with zero attached hydrogens (tertiary/aromatic N) is 2. The minimum Gasteiger partial charge on any atom is -0.492 e. The van der Waals surface area contributed by atoms with Crippen molar-refractivity contribution in [3.63, 3.8) is 0 Å². The van der Waals surface area contributed by atoms with Crippen molar-refractivity contribution < 1.29 is 9.53 Å². The summed E-state index contributed by atoms with van der Waals surface area (Å²) in [5.74, 6) is 0.598. The monoisotopic (exact) mass is 334 g/mol. The Morgan fingerprint density at radius 3 is 3.17 bits per heavy atom. The Balaban J connectivity index is 1.56. The Morgan fingerprint density at radius 2 is 2.35 bits per heavy atom. The second-order valence-electron chi connectivity index (χ2n) is 5.49. The third-order valence-electron chi connectivity index (χ3n) is 3.85. The van der Waals surface area contributed by atoms with Gasteiger partial charge in [0.2, 0.25) is 0 Å². The number of H-pyrrole nitrogens is 1. The van der Waals surface area contributed by atoms with Crippen molar-refractivity contribution in [2.45, 2.75) is 13.0 Å². The normalized spacial score (nSPS) is 13.5. The molecule has 0 unspecified atom stereocenters. The summed E-state index contributed by atoms with van der Waals surface area (Å²) in [6.45, 7) is 2.46. The molecule has 6 nitrogen and oxygen atoms in total. The van der Waals surface area contributed by atoms with Crippen LogP contribution in [0.25, 0.3) is 0 Å². The molecule has 1 aliphatic rings. The first-order chi connectivity index (χ1) is 11.1. The number of hydrogen-bond donors (Lipinski definition) is 2. The molecule has 0 radical (unpaired) electrons. The van der Waals surface area contributed by atoms with E-state index in [2.05, 4.69) is 15.5 Å². The van der Waals surface area contributed by atoms with E-state index in [0.717, 1.165) is 24.2 Å². The van der Waals surface area contributed by atoms with Crippen LogP contribution in [0.2, 0.25) is 5.02 Å². The molecule has 0 saturated heterocycles. The highest BCUT2D eigenvalue weighted by atomic mass is 35.5. The highest BCUT2D eigenvalue weighted by Gasteiger charge is 2.23. The van der Waals surface area contributed by atoms with Crippen LogP contribution in [-0.4, -0.2) is 47.7 Å². The first-order valence-electron chi connectivity index (χ1n) is 7.56. The van der Waals surface area contributed by atoms with E-state index in [1.165, 1.54) is 0 Å². The quantitative estimate of drug-likeness (QED) is 0.875. The molecule has 2 N–H and O–H groups in total. The van der Waals surface area contributed by atoms with Crippen LogP contribution in [0.3, 0.4) is 0 Å². The summed E-state index contributed by atoms with van der Waals surface area (Å²) in [5.41, 5.74) is 2.52. The number of ether oxygens (including phenoxy) is 1. The van der Waals surface area contributed by atoms with Crippen molar-refractivity contribution in [1.82, 2.24) is 20.4 Å². The fourth-order valence-electron chi connectivity index (χ4n) is 2.54. The smallest absolute Gasteiger partial charge is 0.274 e. The molecule has 7 heteroatoms. The zero-order valence-electron chi connectivity index (χ0n) is 12.9. The van der Waals surface area contributed by atoms with Gasteiger partial charge in [0.1, 0.15) is 12.4 Å². The lowest BCUT2D eigenvalue weighted by molar-refractivity contribution is 0.0766. The number of carbonyl (C=O) groups is 1. The van der Waals surface area contributed by atoms with Crippen molar-refractivity contribution >= 4 is 17.5 Å². The molecule has 3 rings (SSSR count). The molecule has 0 saturated carbocycles. The van der Waals surface area contributed by atoms with Gasteiger partial charge in [0.25, 0.3) is 5.91 Å². The van der Waals surface area contributed by atoms with Gasteiger partial charge < -0.3 is 15.0 Å². The van der Waals surface area contributed by atoms with Gasteiger partial charge in [-0.15, -0.1) is 0 Å². The molecular formula is C16H19ClN4O2. The van der Waals surface area contributed by atoms with Crippen molar-refractivity contribution in [1.29, 1.82) is 0 Å². The predicted octanol–water partition coefficient (Wildman–Crippen LogP) is 1.86. The van der Waals surface area contributed by atoms with Crippen molar-refractivity contribution in [3.05, 3.63) is 46.2 Å². The number of hydrogen-bond acceptors (Lipinski definition) is 4. The van der Waals surface area contributed by atoms with Gasteiger partial charge in [-0.1, -0.05) is 17.7 Å². The molecule has 122 valence electrons. The van der Waals surface area contributed by atoms with Crippen molar-refractivity contribution in [2.75, 3.05) is 26.7 Å². The Bertz CT molecular complexity index is 701. The summed E-state index contributed by atoms with van der Waals surface area (Å²) >= 11 is 5.91. The first kappa shape index (κ1) is 15.8. The van der Waals surface area contributed by atoms with Crippen molar-refractivity contribution in [2.24, 2.45) is 0 Å². The number of aromatic nitrogens is 2. The minimum atomic E-state index is -0.0964. The molecule has 0 spiro atoms. The number of nitrogens with one attached hydrogen (secondary N) is 2. The Kier molecular flexibility index (Phi) is 4.83. The minimum absolute atomic E-state index is 0.0964. The molecule has 2 aromatic rings. The fourth-order valence-corrected chi connectivity index (χ4v) is 2.72. The van der Waals surface area contributed by atoms with E-state index in [4.69, 9.17) is 16.3 Å². The predicted molar refractivity (Wildman–Crippen MR) is 87.9 cm³/mol. The lowest BCUT2D eigenvalue weighted by Gasteiger charge is -2.18. The molecule has 1 aliphatic heterocycles. The Labute approximate surface area is 139 Å². The molecule has 0 bridgehead atoms. The topological polar surface area (TPSA) is 70.2 Å².